The SMILES string of the molecule is NC1(c2nc(-c3ccc(Cl)c(Cl)c3)cs2)CCCCC1. The highest BCUT2D eigenvalue weighted by Crippen LogP contribution is 2.38. The van der Waals surface area contributed by atoms with Crippen molar-refractivity contribution >= 4 is 34.5 Å². The predicted molar refractivity (Wildman–Crippen MR) is 86.5 cm³/mol. The van der Waals surface area contributed by atoms with Gasteiger partial charge in [-0.05, 0) is 25.0 Å². The molecule has 1 saturated carbocycles. The Morgan fingerprint density at radius 3 is 2.55 bits per heavy atom. The highest BCUT2D eigenvalue weighted by atomic mass is 35.5. The van der Waals surface area contributed by atoms with Gasteiger partial charge in [-0.3, -0.25) is 0 Å². The van der Waals surface area contributed by atoms with E-state index in [4.69, 9.17) is 33.9 Å². The molecule has 1 fully saturated rings. The van der Waals surface area contributed by atoms with Crippen LogP contribution in [0.15, 0.2) is 23.6 Å². The molecule has 2 aromatic rings. The number of nitrogens with zero attached hydrogens (tertiary/aromatic N) is 1. The summed E-state index contributed by atoms with van der Waals surface area (Å²) in [7, 11) is 0. The van der Waals surface area contributed by atoms with Crippen molar-refractivity contribution in [2.24, 2.45) is 5.73 Å². The van der Waals surface area contributed by atoms with Crippen LogP contribution in [0.3, 0.4) is 0 Å². The van der Waals surface area contributed by atoms with Crippen LogP contribution in [0, 0.1) is 0 Å². The van der Waals surface area contributed by atoms with E-state index in [1.807, 2.05) is 12.1 Å². The molecule has 1 aromatic heterocycles. The lowest BCUT2D eigenvalue weighted by Crippen LogP contribution is -2.38. The minimum atomic E-state index is -0.239. The molecule has 1 heterocycles. The molecule has 1 aliphatic carbocycles. The summed E-state index contributed by atoms with van der Waals surface area (Å²) in [5.74, 6) is 0. The van der Waals surface area contributed by atoms with E-state index in [-0.39, 0.29) is 5.54 Å². The van der Waals surface area contributed by atoms with Gasteiger partial charge >= 0.3 is 0 Å². The molecule has 0 atom stereocenters. The minimum absolute atomic E-state index is 0.239. The first-order valence-electron chi connectivity index (χ1n) is 6.79. The van der Waals surface area contributed by atoms with Crippen LogP contribution >= 0.6 is 34.5 Å². The van der Waals surface area contributed by atoms with Crippen LogP contribution in [0.2, 0.25) is 10.0 Å². The second-order valence-electron chi connectivity index (χ2n) is 5.38. The maximum atomic E-state index is 6.53. The zero-order valence-electron chi connectivity index (χ0n) is 11.0. The Bertz CT molecular complexity index is 618. The molecule has 1 aliphatic rings. The van der Waals surface area contributed by atoms with E-state index >= 15 is 0 Å². The Morgan fingerprint density at radius 2 is 1.85 bits per heavy atom. The standard InChI is InChI=1S/C15H16Cl2N2S/c16-11-5-4-10(8-12(11)17)13-9-20-14(19-13)15(18)6-2-1-3-7-15/h4-5,8-9H,1-3,6-7,18H2. The number of hydrogen-bond donors (Lipinski definition) is 1. The third kappa shape index (κ3) is 2.73. The molecule has 0 spiro atoms. The maximum Gasteiger partial charge on any atom is 0.113 e. The molecule has 0 amide bonds. The van der Waals surface area contributed by atoms with E-state index in [1.165, 1.54) is 19.3 Å². The Labute approximate surface area is 132 Å². The third-order valence-electron chi connectivity index (χ3n) is 3.89. The molecule has 0 radical (unpaired) electrons. The maximum absolute atomic E-state index is 6.53. The molecular weight excluding hydrogens is 311 g/mol. The normalized spacial score (nSPS) is 18.1. The van der Waals surface area contributed by atoms with E-state index in [0.29, 0.717) is 10.0 Å². The van der Waals surface area contributed by atoms with Gasteiger partial charge in [-0.25, -0.2) is 4.98 Å². The van der Waals surface area contributed by atoms with Crippen LogP contribution in [0.25, 0.3) is 11.3 Å². The largest absolute Gasteiger partial charge is 0.319 e. The van der Waals surface area contributed by atoms with Gasteiger partial charge in [0.05, 0.1) is 21.3 Å². The average molecular weight is 327 g/mol. The van der Waals surface area contributed by atoms with Crippen molar-refractivity contribution in [3.8, 4) is 11.3 Å². The molecule has 2 N–H and O–H groups in total. The molecule has 106 valence electrons. The van der Waals surface area contributed by atoms with Crippen molar-refractivity contribution in [2.75, 3.05) is 0 Å². The summed E-state index contributed by atoms with van der Waals surface area (Å²) in [5, 5.41) is 4.21. The molecule has 0 bridgehead atoms. The van der Waals surface area contributed by atoms with Crippen LogP contribution < -0.4 is 5.73 Å². The number of benzene rings is 1. The van der Waals surface area contributed by atoms with Gasteiger partial charge in [0.25, 0.3) is 0 Å². The summed E-state index contributed by atoms with van der Waals surface area (Å²) >= 11 is 13.7. The molecule has 5 heteroatoms. The van der Waals surface area contributed by atoms with Crippen molar-refractivity contribution < 1.29 is 0 Å². The molecule has 20 heavy (non-hydrogen) atoms. The first-order chi connectivity index (χ1) is 9.58. The number of aromatic nitrogens is 1. The molecule has 3 rings (SSSR count). The van der Waals surface area contributed by atoms with Crippen molar-refractivity contribution in [3.63, 3.8) is 0 Å². The van der Waals surface area contributed by atoms with Crippen molar-refractivity contribution in [2.45, 2.75) is 37.6 Å². The topological polar surface area (TPSA) is 38.9 Å². The van der Waals surface area contributed by atoms with Gasteiger partial charge in [0, 0.05) is 10.9 Å². The zero-order chi connectivity index (χ0) is 14.2. The van der Waals surface area contributed by atoms with E-state index in [2.05, 4.69) is 5.38 Å². The fraction of sp³-hybridized carbons (Fsp3) is 0.400. The Morgan fingerprint density at radius 1 is 1.10 bits per heavy atom. The molecule has 0 unspecified atom stereocenters. The molecular formula is C15H16Cl2N2S. The van der Waals surface area contributed by atoms with Gasteiger partial charge in [0.15, 0.2) is 0 Å². The second-order valence-corrected chi connectivity index (χ2v) is 7.06. The quantitative estimate of drug-likeness (QED) is 0.820. The Hall–Kier alpha value is -0.610. The predicted octanol–water partition coefficient (Wildman–Crippen LogP) is 5.24. The highest BCUT2D eigenvalue weighted by Gasteiger charge is 2.32. The lowest BCUT2D eigenvalue weighted by Gasteiger charge is -2.31. The van der Waals surface area contributed by atoms with Gasteiger partial charge < -0.3 is 5.73 Å². The first kappa shape index (κ1) is 14.3. The molecule has 1 aromatic carbocycles. The second kappa shape index (κ2) is 5.64. The van der Waals surface area contributed by atoms with E-state index < -0.39 is 0 Å². The van der Waals surface area contributed by atoms with Crippen LogP contribution in [0.5, 0.6) is 0 Å². The Kier molecular flexibility index (Phi) is 4.04. The Balaban J connectivity index is 1.91. The molecule has 0 saturated heterocycles. The molecule has 2 nitrogen and oxygen atoms in total. The third-order valence-corrected chi connectivity index (χ3v) is 5.69. The number of hydrogen-bond acceptors (Lipinski definition) is 3. The monoisotopic (exact) mass is 326 g/mol. The van der Waals surface area contributed by atoms with Crippen LogP contribution in [-0.4, -0.2) is 4.98 Å². The number of thiazole rings is 1. The number of halogens is 2. The summed E-state index contributed by atoms with van der Waals surface area (Å²) in [4.78, 5) is 4.74. The van der Waals surface area contributed by atoms with Crippen LogP contribution in [0.1, 0.15) is 37.1 Å². The van der Waals surface area contributed by atoms with Gasteiger partial charge in [0.1, 0.15) is 5.01 Å². The summed E-state index contributed by atoms with van der Waals surface area (Å²) < 4.78 is 0. The fourth-order valence-corrected chi connectivity index (χ4v) is 3.99. The number of nitrogens with two attached hydrogens (primary N) is 1. The molecule has 0 aliphatic heterocycles. The van der Waals surface area contributed by atoms with Gasteiger partial charge in [-0.15, -0.1) is 11.3 Å². The smallest absolute Gasteiger partial charge is 0.113 e. The fourth-order valence-electron chi connectivity index (χ4n) is 2.69. The van der Waals surface area contributed by atoms with Crippen molar-refractivity contribution in [1.82, 2.24) is 4.98 Å². The van der Waals surface area contributed by atoms with E-state index in [0.717, 1.165) is 29.1 Å². The van der Waals surface area contributed by atoms with Crippen molar-refractivity contribution in [3.05, 3.63) is 38.6 Å². The number of rotatable bonds is 2. The van der Waals surface area contributed by atoms with Crippen LogP contribution in [-0.2, 0) is 5.54 Å². The van der Waals surface area contributed by atoms with Gasteiger partial charge in [-0.2, -0.15) is 0 Å². The van der Waals surface area contributed by atoms with E-state index in [9.17, 15) is 0 Å². The lowest BCUT2D eigenvalue weighted by atomic mass is 9.83. The minimum Gasteiger partial charge on any atom is -0.319 e. The summed E-state index contributed by atoms with van der Waals surface area (Å²) in [6.07, 6.45) is 5.73. The summed E-state index contributed by atoms with van der Waals surface area (Å²) in [5.41, 5.74) is 8.20. The first-order valence-corrected chi connectivity index (χ1v) is 8.42. The van der Waals surface area contributed by atoms with Gasteiger partial charge in [-0.1, -0.05) is 48.5 Å². The van der Waals surface area contributed by atoms with Gasteiger partial charge in [0.2, 0.25) is 0 Å². The summed E-state index contributed by atoms with van der Waals surface area (Å²) in [6, 6.07) is 5.60. The van der Waals surface area contributed by atoms with Crippen LogP contribution in [0.4, 0.5) is 0 Å². The van der Waals surface area contributed by atoms with E-state index in [1.54, 1.807) is 17.4 Å². The van der Waals surface area contributed by atoms with Crippen molar-refractivity contribution in [1.29, 1.82) is 0 Å². The zero-order valence-corrected chi connectivity index (χ0v) is 13.4. The average Bonchev–Trinajstić information content (AvgIpc) is 2.93. The summed E-state index contributed by atoms with van der Waals surface area (Å²) in [6.45, 7) is 0. The lowest BCUT2D eigenvalue weighted by molar-refractivity contribution is 0.301. The highest BCUT2D eigenvalue weighted by molar-refractivity contribution is 7.10.